The molecule has 0 unspecified atom stereocenters. The summed E-state index contributed by atoms with van der Waals surface area (Å²) in [5, 5.41) is 8.97. The quantitative estimate of drug-likeness (QED) is 0.179. The van der Waals surface area contributed by atoms with Crippen LogP contribution in [0.1, 0.15) is 55.7 Å². The lowest BCUT2D eigenvalue weighted by atomic mass is 9.90. The summed E-state index contributed by atoms with van der Waals surface area (Å²) in [4.78, 5) is 71.7. The number of nitrogens with zero attached hydrogens (tertiary/aromatic N) is 1. The van der Waals surface area contributed by atoms with E-state index in [1.54, 1.807) is 24.3 Å². The highest BCUT2D eigenvalue weighted by Crippen LogP contribution is 2.26. The first-order chi connectivity index (χ1) is 20.6. The molecule has 0 bridgehead atoms. The zero-order valence-corrected chi connectivity index (χ0v) is 24.7. The number of hydrogen-bond acceptors (Lipinski definition) is 8. The summed E-state index contributed by atoms with van der Waals surface area (Å²) in [5.41, 5.74) is 0.793. The fourth-order valence-electron chi connectivity index (χ4n) is 4.85. The molecule has 0 spiro atoms. The Balaban J connectivity index is 0. The van der Waals surface area contributed by atoms with Crippen LogP contribution in [0.3, 0.4) is 0 Å². The second-order valence-electron chi connectivity index (χ2n) is 10.6. The number of piperidine rings is 1. The second kappa shape index (κ2) is 15.5. The molecule has 3 rings (SSSR count). The van der Waals surface area contributed by atoms with Gasteiger partial charge in [0.25, 0.3) is 5.91 Å². The third kappa shape index (κ3) is 8.87. The lowest BCUT2D eigenvalue weighted by Crippen LogP contribution is -2.54. The summed E-state index contributed by atoms with van der Waals surface area (Å²) >= 11 is 0. The van der Waals surface area contributed by atoms with E-state index >= 15 is 0 Å². The van der Waals surface area contributed by atoms with E-state index in [4.69, 9.17) is 9.47 Å². The molecule has 1 fully saturated rings. The molecule has 1 aliphatic heterocycles. The molecule has 0 radical (unpaired) electrons. The van der Waals surface area contributed by atoms with Crippen LogP contribution in [-0.2, 0) is 23.9 Å². The summed E-state index contributed by atoms with van der Waals surface area (Å²) in [6.45, 7) is 10.6. The lowest BCUT2D eigenvalue weighted by Gasteiger charge is -2.28. The van der Waals surface area contributed by atoms with Crippen LogP contribution >= 0.6 is 0 Å². The minimum atomic E-state index is -1.15. The first-order valence-corrected chi connectivity index (χ1v) is 14.1. The van der Waals surface area contributed by atoms with Gasteiger partial charge in [0.15, 0.2) is 12.4 Å². The van der Waals surface area contributed by atoms with Gasteiger partial charge in [-0.25, -0.2) is 9.79 Å². The Hall–Kier alpha value is -4.74. The van der Waals surface area contributed by atoms with Crippen molar-refractivity contribution in [3.63, 3.8) is 0 Å². The molecule has 238 valence electrons. The lowest BCUT2D eigenvalue weighted by molar-refractivity contribution is -0.143. The third-order valence-corrected chi connectivity index (χ3v) is 7.02. The number of nitrogens with one attached hydrogen (secondary N) is 4. The molecule has 3 atom stereocenters. The van der Waals surface area contributed by atoms with E-state index in [0.717, 1.165) is 12.6 Å². The van der Waals surface area contributed by atoms with Crippen molar-refractivity contribution in [2.45, 2.75) is 51.6 Å². The molecule has 12 nitrogen and oxygen atoms in total. The summed E-state index contributed by atoms with van der Waals surface area (Å²) in [7, 11) is 1.54. The number of benzene rings is 1. The highest BCUT2D eigenvalue weighted by molar-refractivity contribution is 6.41. The number of H-pyrrole nitrogens is 1. The van der Waals surface area contributed by atoms with Crippen LogP contribution in [0, 0.1) is 11.8 Å². The van der Waals surface area contributed by atoms with Crippen molar-refractivity contribution in [3.05, 3.63) is 55.4 Å². The molecule has 2 aromatic rings. The van der Waals surface area contributed by atoms with Crippen molar-refractivity contribution in [2.75, 3.05) is 20.3 Å². The van der Waals surface area contributed by atoms with E-state index < -0.39 is 48.2 Å². The van der Waals surface area contributed by atoms with Gasteiger partial charge in [0.2, 0.25) is 11.8 Å². The van der Waals surface area contributed by atoms with Crippen LogP contribution in [0.25, 0.3) is 10.9 Å². The predicted octanol–water partition coefficient (Wildman–Crippen LogP) is 3.59. The van der Waals surface area contributed by atoms with Crippen LogP contribution in [-0.4, -0.2) is 72.5 Å². The smallest absolute Gasteiger partial charge is 0.357 e. The van der Waals surface area contributed by atoms with E-state index in [2.05, 4.69) is 39.1 Å². The zero-order chi connectivity index (χ0) is 31.5. The number of aromatic nitrogens is 1. The molecule has 2 heterocycles. The maximum absolute atomic E-state index is 13.6. The maximum atomic E-state index is 13.6. The van der Waals surface area contributed by atoms with Crippen molar-refractivity contribution in [1.82, 2.24) is 20.9 Å². The highest BCUT2D eigenvalue weighted by Gasteiger charge is 2.33. The molecule has 12 heteroatoms. The number of hydrogen-bond donors (Lipinski definition) is 4. The number of aliphatic imine (C=N–C) groups is 1. The Morgan fingerprint density at radius 3 is 2.60 bits per heavy atom. The van der Waals surface area contributed by atoms with Gasteiger partial charge < -0.3 is 30.4 Å². The SMILES string of the molecule is C=CN=C(C=C)C(=O)OCC(=O)[C@H](C[C@@H]1CCCNC1=O)NC(=O)[C@H](CC(C)C)NC(=O)c1cc2c(OC)cccc2[nH]1.[HH].[HH].[HH].[HH]. The second-order valence-corrected chi connectivity index (χ2v) is 10.6. The Kier molecular flexibility index (Phi) is 11.8. The Morgan fingerprint density at radius 2 is 1.95 bits per heavy atom. The number of rotatable bonds is 15. The number of carbonyl (C=O) groups is 5. The highest BCUT2D eigenvalue weighted by atomic mass is 16.5. The van der Waals surface area contributed by atoms with Crippen molar-refractivity contribution in [3.8, 4) is 5.75 Å². The topological polar surface area (TPSA) is 168 Å². The number of amides is 3. The van der Waals surface area contributed by atoms with Gasteiger partial charge in [-0.15, -0.1) is 0 Å². The van der Waals surface area contributed by atoms with E-state index in [0.29, 0.717) is 29.6 Å². The average molecular weight is 602 g/mol. The minimum absolute atomic E-state index is 0. The summed E-state index contributed by atoms with van der Waals surface area (Å²) in [5.74, 6) is -2.75. The number of methoxy groups -OCH3 is 1. The normalized spacial score (nSPS) is 16.5. The maximum Gasteiger partial charge on any atom is 0.357 e. The number of aromatic amines is 1. The van der Waals surface area contributed by atoms with Gasteiger partial charge in [-0.1, -0.05) is 33.1 Å². The molecular weight excluding hydrogens is 554 g/mol. The third-order valence-electron chi connectivity index (χ3n) is 7.02. The van der Waals surface area contributed by atoms with E-state index in [1.807, 2.05) is 13.8 Å². The van der Waals surface area contributed by atoms with Crippen molar-refractivity contribution >= 4 is 46.1 Å². The van der Waals surface area contributed by atoms with Crippen molar-refractivity contribution < 1.29 is 39.2 Å². The molecule has 4 N–H and O–H groups in total. The van der Waals surface area contributed by atoms with Crippen molar-refractivity contribution in [2.24, 2.45) is 16.8 Å². The molecule has 1 aliphatic rings. The molecule has 0 saturated carbocycles. The molecule has 1 saturated heterocycles. The van der Waals surface area contributed by atoms with Gasteiger partial charge in [0.05, 0.1) is 13.2 Å². The predicted molar refractivity (Wildman–Crippen MR) is 170 cm³/mol. The number of ketones is 1. The van der Waals surface area contributed by atoms with Crippen LogP contribution in [0.4, 0.5) is 0 Å². The summed E-state index contributed by atoms with van der Waals surface area (Å²) in [6, 6.07) is 4.87. The van der Waals surface area contributed by atoms with E-state index in [-0.39, 0.29) is 41.8 Å². The van der Waals surface area contributed by atoms with Crippen molar-refractivity contribution in [1.29, 1.82) is 0 Å². The molecule has 43 heavy (non-hydrogen) atoms. The Morgan fingerprint density at radius 1 is 1.19 bits per heavy atom. The van der Waals surface area contributed by atoms with Gasteiger partial charge in [0.1, 0.15) is 23.2 Å². The summed E-state index contributed by atoms with van der Waals surface area (Å²) in [6.07, 6.45) is 3.85. The average Bonchev–Trinajstić information content (AvgIpc) is 3.43. The molecule has 1 aromatic heterocycles. The van der Waals surface area contributed by atoms with Gasteiger partial charge in [-0.3, -0.25) is 19.2 Å². The van der Waals surface area contributed by atoms with Gasteiger partial charge >= 0.3 is 5.97 Å². The minimum Gasteiger partial charge on any atom is -0.496 e. The number of esters is 1. The van der Waals surface area contributed by atoms with Crippen LogP contribution in [0.15, 0.2) is 54.7 Å². The number of fused-ring (bicyclic) bond motifs is 1. The van der Waals surface area contributed by atoms with Gasteiger partial charge in [-0.2, -0.15) is 0 Å². The molecule has 3 amide bonds. The fourth-order valence-corrected chi connectivity index (χ4v) is 4.85. The molecule has 1 aromatic carbocycles. The number of Topliss-reactive ketones (excluding diaryl/α,β-unsaturated/α-hetero) is 1. The Bertz CT molecular complexity index is 1430. The Labute approximate surface area is 256 Å². The van der Waals surface area contributed by atoms with Crippen LogP contribution in [0.2, 0.25) is 0 Å². The molecular formula is C31H47N5O7. The van der Waals surface area contributed by atoms with Crippen LogP contribution < -0.4 is 20.7 Å². The number of carbonyl (C=O) groups excluding carboxylic acids is 5. The van der Waals surface area contributed by atoms with E-state index in [1.165, 1.54) is 13.2 Å². The zero-order valence-electron chi connectivity index (χ0n) is 24.7. The van der Waals surface area contributed by atoms with Gasteiger partial charge in [-0.05, 0) is 55.9 Å². The monoisotopic (exact) mass is 601 g/mol. The summed E-state index contributed by atoms with van der Waals surface area (Å²) < 4.78 is 10.5. The molecule has 0 aliphatic carbocycles. The fraction of sp³-hybridized carbons (Fsp3) is 0.419. The first kappa shape index (κ1) is 32.8. The van der Waals surface area contributed by atoms with Gasteiger partial charge in [0, 0.05) is 35.3 Å². The van der Waals surface area contributed by atoms with E-state index in [9.17, 15) is 24.0 Å². The number of ether oxygens (including phenoxy) is 2. The standard InChI is InChI=1S/C31H39N5O7.4H2/c1-6-21(32-7-2)31(41)43-17-26(37)23(15-19-10-9-13-33-28(19)38)35-29(39)24(14-18(3)4)36-30(40)25-16-20-22(34-25)11-8-12-27(20)42-5;;;;/h6-8,11-12,16,18-19,23-24,34H,1-2,9-10,13-15,17H2,3-5H3,(H,33,38)(H,35,39)(H,36,40);4*1H/t19-,23-,24-;;;;/m0..../s1. The largest absolute Gasteiger partial charge is 0.496 e. The van der Waals surface area contributed by atoms with Crippen LogP contribution in [0.5, 0.6) is 5.75 Å². The first-order valence-electron chi connectivity index (χ1n) is 14.1.